The largest absolute Gasteiger partial charge is 0.437 e. The van der Waals surface area contributed by atoms with Crippen molar-refractivity contribution in [2.24, 2.45) is 0 Å². The van der Waals surface area contributed by atoms with Crippen molar-refractivity contribution in [3.8, 4) is 11.6 Å². The molecule has 3 nitrogen and oxygen atoms in total. The number of benzene rings is 1. The quantitative estimate of drug-likeness (QED) is 0.816. The first kappa shape index (κ1) is 11.2. The maximum absolute atomic E-state index is 5.84. The van der Waals surface area contributed by atoms with E-state index >= 15 is 0 Å². The van der Waals surface area contributed by atoms with E-state index in [4.69, 9.17) is 27.9 Å². The van der Waals surface area contributed by atoms with E-state index in [2.05, 4.69) is 9.97 Å². The molecule has 0 unspecified atom stereocenters. The second kappa shape index (κ2) is 4.68. The predicted molar refractivity (Wildman–Crippen MR) is 63.3 cm³/mol. The van der Waals surface area contributed by atoms with Gasteiger partial charge in [-0.05, 0) is 30.7 Å². The van der Waals surface area contributed by atoms with Crippen LogP contribution in [0.5, 0.6) is 11.6 Å². The highest BCUT2D eigenvalue weighted by Crippen LogP contribution is 2.26. The van der Waals surface area contributed by atoms with Crippen molar-refractivity contribution in [1.29, 1.82) is 0 Å². The molecule has 0 radical (unpaired) electrons. The van der Waals surface area contributed by atoms with Crippen LogP contribution in [0.3, 0.4) is 0 Å². The number of aromatic nitrogens is 2. The molecule has 5 heteroatoms. The van der Waals surface area contributed by atoms with Gasteiger partial charge in [0.1, 0.15) is 5.75 Å². The standard InChI is InChI=1S/C11H8Cl2N2O/c1-7-4-8(12)2-3-9(7)16-11-6-14-5-10(13)15-11/h2-6H,1H3. The zero-order valence-electron chi connectivity index (χ0n) is 8.45. The first-order chi connectivity index (χ1) is 7.65. The minimum atomic E-state index is 0.295. The lowest BCUT2D eigenvalue weighted by Gasteiger charge is -2.07. The van der Waals surface area contributed by atoms with E-state index < -0.39 is 0 Å². The first-order valence-corrected chi connectivity index (χ1v) is 5.32. The molecule has 0 spiro atoms. The summed E-state index contributed by atoms with van der Waals surface area (Å²) in [6.45, 7) is 1.90. The van der Waals surface area contributed by atoms with Gasteiger partial charge in [0.25, 0.3) is 0 Å². The second-order valence-electron chi connectivity index (χ2n) is 3.19. The predicted octanol–water partition coefficient (Wildman–Crippen LogP) is 3.88. The van der Waals surface area contributed by atoms with Crippen LogP contribution in [0.2, 0.25) is 10.2 Å². The zero-order chi connectivity index (χ0) is 11.5. The molecule has 82 valence electrons. The molecular weight excluding hydrogens is 247 g/mol. The van der Waals surface area contributed by atoms with Gasteiger partial charge in [-0.1, -0.05) is 23.2 Å². The van der Waals surface area contributed by atoms with Gasteiger partial charge in [0.2, 0.25) is 5.88 Å². The molecule has 2 rings (SSSR count). The van der Waals surface area contributed by atoms with Gasteiger partial charge in [0.05, 0.1) is 12.4 Å². The number of hydrogen-bond acceptors (Lipinski definition) is 3. The van der Waals surface area contributed by atoms with Crippen LogP contribution in [-0.4, -0.2) is 9.97 Å². The van der Waals surface area contributed by atoms with Crippen LogP contribution in [0.25, 0.3) is 0 Å². The van der Waals surface area contributed by atoms with Crippen molar-refractivity contribution in [1.82, 2.24) is 9.97 Å². The first-order valence-electron chi connectivity index (χ1n) is 4.57. The maximum Gasteiger partial charge on any atom is 0.239 e. The highest BCUT2D eigenvalue weighted by atomic mass is 35.5. The van der Waals surface area contributed by atoms with Crippen LogP contribution in [0.15, 0.2) is 30.6 Å². The van der Waals surface area contributed by atoms with Crippen molar-refractivity contribution in [3.05, 3.63) is 46.3 Å². The third kappa shape index (κ3) is 2.62. The SMILES string of the molecule is Cc1cc(Cl)ccc1Oc1cncc(Cl)n1. The Labute approximate surface area is 103 Å². The Morgan fingerprint density at radius 3 is 2.69 bits per heavy atom. The van der Waals surface area contributed by atoms with E-state index in [9.17, 15) is 0 Å². The molecule has 1 heterocycles. The number of rotatable bonds is 2. The van der Waals surface area contributed by atoms with Gasteiger partial charge in [0.15, 0.2) is 5.15 Å². The van der Waals surface area contributed by atoms with Crippen molar-refractivity contribution in [2.75, 3.05) is 0 Å². The average molecular weight is 255 g/mol. The fourth-order valence-electron chi connectivity index (χ4n) is 1.21. The molecule has 0 saturated carbocycles. The van der Waals surface area contributed by atoms with E-state index in [1.54, 1.807) is 12.1 Å². The van der Waals surface area contributed by atoms with Crippen molar-refractivity contribution < 1.29 is 4.74 Å². The Morgan fingerprint density at radius 2 is 2.00 bits per heavy atom. The van der Waals surface area contributed by atoms with E-state index in [-0.39, 0.29) is 0 Å². The second-order valence-corrected chi connectivity index (χ2v) is 4.02. The van der Waals surface area contributed by atoms with Crippen molar-refractivity contribution in [3.63, 3.8) is 0 Å². The van der Waals surface area contributed by atoms with Crippen LogP contribution < -0.4 is 4.74 Å². The fraction of sp³-hybridized carbons (Fsp3) is 0.0909. The van der Waals surface area contributed by atoms with Gasteiger partial charge in [-0.25, -0.2) is 0 Å². The molecular formula is C11H8Cl2N2O. The van der Waals surface area contributed by atoms with E-state index in [0.717, 1.165) is 5.56 Å². The van der Waals surface area contributed by atoms with Crippen LogP contribution in [0.4, 0.5) is 0 Å². The molecule has 1 aromatic carbocycles. The zero-order valence-corrected chi connectivity index (χ0v) is 9.96. The highest BCUT2D eigenvalue weighted by Gasteiger charge is 2.03. The normalized spacial score (nSPS) is 10.2. The molecule has 0 fully saturated rings. The summed E-state index contributed by atoms with van der Waals surface area (Å²) >= 11 is 11.5. The molecule has 1 aromatic heterocycles. The third-order valence-electron chi connectivity index (χ3n) is 1.93. The van der Waals surface area contributed by atoms with Gasteiger partial charge in [-0.2, -0.15) is 4.98 Å². The van der Waals surface area contributed by atoms with Gasteiger partial charge >= 0.3 is 0 Å². The minimum Gasteiger partial charge on any atom is -0.437 e. The maximum atomic E-state index is 5.84. The highest BCUT2D eigenvalue weighted by molar-refractivity contribution is 6.30. The smallest absolute Gasteiger partial charge is 0.239 e. The monoisotopic (exact) mass is 254 g/mol. The Kier molecular flexibility index (Phi) is 3.27. The summed E-state index contributed by atoms with van der Waals surface area (Å²) in [7, 11) is 0. The lowest BCUT2D eigenvalue weighted by Crippen LogP contribution is -1.91. The number of aryl methyl sites for hydroxylation is 1. The van der Waals surface area contributed by atoms with Crippen LogP contribution >= 0.6 is 23.2 Å². The molecule has 0 N–H and O–H groups in total. The Morgan fingerprint density at radius 1 is 1.19 bits per heavy atom. The van der Waals surface area contributed by atoms with Gasteiger partial charge in [-0.15, -0.1) is 0 Å². The summed E-state index contributed by atoms with van der Waals surface area (Å²) in [5, 5.41) is 0.964. The van der Waals surface area contributed by atoms with Gasteiger partial charge in [-0.3, -0.25) is 4.98 Å². The number of hydrogen-bond donors (Lipinski definition) is 0. The van der Waals surface area contributed by atoms with E-state index in [1.807, 2.05) is 13.0 Å². The summed E-state index contributed by atoms with van der Waals surface area (Å²) < 4.78 is 5.53. The summed E-state index contributed by atoms with van der Waals surface area (Å²) in [6, 6.07) is 5.34. The topological polar surface area (TPSA) is 35.0 Å². The summed E-state index contributed by atoms with van der Waals surface area (Å²) in [5.74, 6) is 1.04. The molecule has 0 amide bonds. The minimum absolute atomic E-state index is 0.295. The molecule has 16 heavy (non-hydrogen) atoms. The summed E-state index contributed by atoms with van der Waals surface area (Å²) in [5.41, 5.74) is 0.925. The van der Waals surface area contributed by atoms with Crippen molar-refractivity contribution in [2.45, 2.75) is 6.92 Å². The van der Waals surface area contributed by atoms with Crippen LogP contribution in [0.1, 0.15) is 5.56 Å². The fourth-order valence-corrected chi connectivity index (χ4v) is 1.58. The molecule has 0 bridgehead atoms. The summed E-state index contributed by atoms with van der Waals surface area (Å²) in [6.07, 6.45) is 2.95. The molecule has 0 saturated heterocycles. The third-order valence-corrected chi connectivity index (χ3v) is 2.35. The molecule has 2 aromatic rings. The number of ether oxygens (including phenoxy) is 1. The average Bonchev–Trinajstić information content (AvgIpc) is 2.22. The lowest BCUT2D eigenvalue weighted by atomic mass is 10.2. The Balaban J connectivity index is 2.27. The number of nitrogens with zero attached hydrogens (tertiary/aromatic N) is 2. The van der Waals surface area contributed by atoms with Gasteiger partial charge < -0.3 is 4.74 Å². The Hall–Kier alpha value is -1.32. The van der Waals surface area contributed by atoms with Crippen LogP contribution in [-0.2, 0) is 0 Å². The molecule has 0 aliphatic carbocycles. The van der Waals surface area contributed by atoms with E-state index in [1.165, 1.54) is 12.4 Å². The van der Waals surface area contributed by atoms with Crippen molar-refractivity contribution >= 4 is 23.2 Å². The molecule has 0 aliphatic rings. The molecule has 0 atom stereocenters. The van der Waals surface area contributed by atoms with Gasteiger partial charge in [0, 0.05) is 5.02 Å². The lowest BCUT2D eigenvalue weighted by molar-refractivity contribution is 0.457. The van der Waals surface area contributed by atoms with E-state index in [0.29, 0.717) is 21.8 Å². The summed E-state index contributed by atoms with van der Waals surface area (Å²) in [4.78, 5) is 7.86. The number of halogens is 2. The Bertz CT molecular complexity index is 517. The molecule has 0 aliphatic heterocycles. The van der Waals surface area contributed by atoms with Crippen LogP contribution in [0, 0.1) is 6.92 Å².